The van der Waals surface area contributed by atoms with E-state index in [1.807, 2.05) is 38.1 Å². The number of hydrogen-bond donors (Lipinski definition) is 1. The fourth-order valence-electron chi connectivity index (χ4n) is 3.16. The Balaban J connectivity index is 1.73. The van der Waals surface area contributed by atoms with E-state index in [9.17, 15) is 10.1 Å². The highest BCUT2D eigenvalue weighted by Gasteiger charge is 2.16. The predicted molar refractivity (Wildman–Crippen MR) is 130 cm³/mol. The lowest BCUT2D eigenvalue weighted by atomic mass is 10.1. The lowest BCUT2D eigenvalue weighted by molar-refractivity contribution is -0.112. The molecule has 0 spiro atoms. The number of nitrogens with zero attached hydrogens (tertiary/aromatic N) is 2. The highest BCUT2D eigenvalue weighted by molar-refractivity contribution is 6.09. The third kappa shape index (κ3) is 6.54. The minimum Gasteiger partial charge on any atom is -0.493 e. The predicted octanol–water partition coefficient (Wildman–Crippen LogP) is 4.62. The summed E-state index contributed by atoms with van der Waals surface area (Å²) in [5, 5.41) is 15.7. The number of amides is 1. The first-order valence-corrected chi connectivity index (χ1v) is 10.8. The average molecular weight is 478 g/mol. The van der Waals surface area contributed by atoms with Gasteiger partial charge >= 0.3 is 0 Å². The fraction of sp³-hybridized carbons (Fsp3) is 0.269. The van der Waals surface area contributed by atoms with Crippen LogP contribution in [0.5, 0.6) is 23.0 Å². The molecule has 1 aromatic heterocycles. The Morgan fingerprint density at radius 3 is 2.29 bits per heavy atom. The van der Waals surface area contributed by atoms with Crippen LogP contribution < -0.4 is 24.3 Å². The number of aromatic nitrogens is 1. The van der Waals surface area contributed by atoms with Crippen LogP contribution in [0, 0.1) is 32.1 Å². The van der Waals surface area contributed by atoms with E-state index in [1.165, 1.54) is 25.9 Å². The first-order chi connectivity index (χ1) is 16.8. The second-order valence-electron chi connectivity index (χ2n) is 7.64. The second kappa shape index (κ2) is 11.6. The van der Waals surface area contributed by atoms with Crippen LogP contribution in [0.15, 0.2) is 46.5 Å². The topological polar surface area (TPSA) is 116 Å². The van der Waals surface area contributed by atoms with Crippen LogP contribution in [0.4, 0.5) is 5.82 Å². The van der Waals surface area contributed by atoms with E-state index < -0.39 is 5.91 Å². The van der Waals surface area contributed by atoms with Crippen LogP contribution in [0.2, 0.25) is 0 Å². The lowest BCUT2D eigenvalue weighted by Gasteiger charge is -2.16. The molecule has 0 saturated carbocycles. The molecule has 2 aromatic carbocycles. The van der Waals surface area contributed by atoms with Crippen LogP contribution in [0.1, 0.15) is 22.5 Å². The monoisotopic (exact) mass is 477 g/mol. The zero-order valence-electron chi connectivity index (χ0n) is 20.3. The van der Waals surface area contributed by atoms with Crippen molar-refractivity contribution in [2.45, 2.75) is 20.8 Å². The van der Waals surface area contributed by atoms with E-state index in [0.717, 1.165) is 11.3 Å². The summed E-state index contributed by atoms with van der Waals surface area (Å²) < 4.78 is 27.5. The number of carbonyl (C=O) groups excluding carboxylic acids is 1. The molecular weight excluding hydrogens is 450 g/mol. The molecule has 0 aliphatic heterocycles. The minimum atomic E-state index is -0.623. The summed E-state index contributed by atoms with van der Waals surface area (Å²) in [4.78, 5) is 12.5. The summed E-state index contributed by atoms with van der Waals surface area (Å²) in [6.07, 6.45) is 1.42. The van der Waals surface area contributed by atoms with Crippen LogP contribution in [0.25, 0.3) is 6.08 Å². The Kier molecular flexibility index (Phi) is 8.35. The van der Waals surface area contributed by atoms with Crippen molar-refractivity contribution in [2.24, 2.45) is 0 Å². The number of ether oxygens (including phenoxy) is 4. The average Bonchev–Trinajstić information content (AvgIpc) is 3.26. The number of rotatable bonds is 10. The maximum Gasteiger partial charge on any atom is 0.267 e. The van der Waals surface area contributed by atoms with Crippen LogP contribution in [0.3, 0.4) is 0 Å². The van der Waals surface area contributed by atoms with Gasteiger partial charge in [-0.1, -0.05) is 11.2 Å². The molecule has 0 saturated heterocycles. The number of methoxy groups -OCH3 is 2. The molecule has 0 aliphatic rings. The summed E-state index contributed by atoms with van der Waals surface area (Å²) in [5.41, 5.74) is 2.73. The molecule has 35 heavy (non-hydrogen) atoms. The number of benzene rings is 2. The SMILES string of the molecule is COc1cc(/C=C(/C#N)C(=O)Nc2cc(C)on2)cc(OC)c1OCCOc1ccc(C)c(C)c1. The van der Waals surface area contributed by atoms with Crippen LogP contribution >= 0.6 is 0 Å². The van der Waals surface area contributed by atoms with Gasteiger partial charge in [0, 0.05) is 6.07 Å². The number of anilines is 1. The first-order valence-electron chi connectivity index (χ1n) is 10.8. The van der Waals surface area contributed by atoms with Gasteiger partial charge in [-0.05, 0) is 67.8 Å². The zero-order chi connectivity index (χ0) is 25.4. The summed E-state index contributed by atoms with van der Waals surface area (Å²) in [6, 6.07) is 12.6. The summed E-state index contributed by atoms with van der Waals surface area (Å²) >= 11 is 0. The molecule has 0 bridgehead atoms. The van der Waals surface area contributed by atoms with Crippen LogP contribution in [-0.4, -0.2) is 38.5 Å². The van der Waals surface area contributed by atoms with Crippen molar-refractivity contribution in [1.82, 2.24) is 5.16 Å². The highest BCUT2D eigenvalue weighted by atomic mass is 16.6. The molecule has 3 aromatic rings. The van der Waals surface area contributed by atoms with Gasteiger partial charge in [0.25, 0.3) is 5.91 Å². The molecule has 0 radical (unpaired) electrons. The molecule has 0 atom stereocenters. The Morgan fingerprint density at radius 2 is 1.71 bits per heavy atom. The molecule has 1 N–H and O–H groups in total. The van der Waals surface area contributed by atoms with Crippen molar-refractivity contribution >= 4 is 17.8 Å². The Hall–Kier alpha value is -4.45. The first kappa shape index (κ1) is 25.2. The Morgan fingerprint density at radius 1 is 1.03 bits per heavy atom. The molecule has 0 unspecified atom stereocenters. The zero-order valence-corrected chi connectivity index (χ0v) is 20.3. The van der Waals surface area contributed by atoms with Crippen molar-refractivity contribution in [3.63, 3.8) is 0 Å². The third-order valence-electron chi connectivity index (χ3n) is 5.11. The summed E-state index contributed by atoms with van der Waals surface area (Å²) in [5.74, 6) is 2.04. The van der Waals surface area contributed by atoms with Crippen molar-refractivity contribution in [3.8, 4) is 29.1 Å². The van der Waals surface area contributed by atoms with Gasteiger partial charge < -0.3 is 28.8 Å². The van der Waals surface area contributed by atoms with Crippen molar-refractivity contribution in [3.05, 3.63) is 64.4 Å². The number of carbonyl (C=O) groups is 1. The largest absolute Gasteiger partial charge is 0.493 e. The molecule has 1 heterocycles. The molecule has 9 nitrogen and oxygen atoms in total. The maximum atomic E-state index is 12.5. The quantitative estimate of drug-likeness (QED) is 0.255. The second-order valence-corrected chi connectivity index (χ2v) is 7.64. The van der Waals surface area contributed by atoms with Gasteiger partial charge in [0.05, 0.1) is 14.2 Å². The van der Waals surface area contributed by atoms with Crippen molar-refractivity contribution < 1.29 is 28.3 Å². The van der Waals surface area contributed by atoms with Gasteiger partial charge in [0.2, 0.25) is 5.75 Å². The highest BCUT2D eigenvalue weighted by Crippen LogP contribution is 2.39. The molecule has 1 amide bonds. The summed E-state index contributed by atoms with van der Waals surface area (Å²) in [7, 11) is 2.98. The lowest BCUT2D eigenvalue weighted by Crippen LogP contribution is -2.13. The number of nitriles is 1. The van der Waals surface area contributed by atoms with Crippen molar-refractivity contribution in [1.29, 1.82) is 5.26 Å². The van der Waals surface area contributed by atoms with Gasteiger partial charge in [-0.3, -0.25) is 4.79 Å². The summed E-state index contributed by atoms with van der Waals surface area (Å²) in [6.45, 7) is 6.33. The number of hydrogen-bond acceptors (Lipinski definition) is 8. The third-order valence-corrected chi connectivity index (χ3v) is 5.11. The van der Waals surface area contributed by atoms with E-state index in [-0.39, 0.29) is 18.0 Å². The molecule has 9 heteroatoms. The van der Waals surface area contributed by atoms with E-state index in [2.05, 4.69) is 10.5 Å². The van der Waals surface area contributed by atoms with E-state index in [1.54, 1.807) is 25.1 Å². The van der Waals surface area contributed by atoms with Gasteiger partial charge in [-0.2, -0.15) is 5.26 Å². The molecule has 3 rings (SSSR count). The Labute approximate surface area is 203 Å². The molecule has 182 valence electrons. The van der Waals surface area contributed by atoms with Gasteiger partial charge in [-0.25, -0.2) is 0 Å². The van der Waals surface area contributed by atoms with E-state index in [4.69, 9.17) is 23.5 Å². The Bertz CT molecular complexity index is 1250. The number of aryl methyl sites for hydroxylation is 3. The molecular formula is C26H27N3O6. The van der Waals surface area contributed by atoms with Crippen molar-refractivity contribution in [2.75, 3.05) is 32.8 Å². The normalized spacial score (nSPS) is 10.9. The van der Waals surface area contributed by atoms with Gasteiger partial charge in [-0.15, -0.1) is 0 Å². The fourth-order valence-corrected chi connectivity index (χ4v) is 3.16. The van der Waals surface area contributed by atoms with Gasteiger partial charge in [0.1, 0.15) is 36.4 Å². The minimum absolute atomic E-state index is 0.134. The van der Waals surface area contributed by atoms with Gasteiger partial charge in [0.15, 0.2) is 17.3 Å². The molecule has 0 fully saturated rings. The smallest absolute Gasteiger partial charge is 0.267 e. The van der Waals surface area contributed by atoms with E-state index >= 15 is 0 Å². The number of nitrogens with one attached hydrogen (secondary N) is 1. The van der Waals surface area contributed by atoms with Crippen LogP contribution in [-0.2, 0) is 4.79 Å². The molecule has 0 aliphatic carbocycles. The maximum absolute atomic E-state index is 12.5. The van der Waals surface area contributed by atoms with E-state index in [0.29, 0.717) is 35.2 Å². The standard InChI is InChI=1S/C26H27N3O6/c1-16-6-7-21(10-17(16)2)33-8-9-34-25-22(31-4)13-19(14-23(25)32-5)12-20(15-27)26(30)28-24-11-18(3)35-29-24/h6-7,10-14H,8-9H2,1-5H3,(H,28,29,30)/b20-12-.